The maximum atomic E-state index is 14.0. The molecular formula is C45H76O3. The minimum atomic E-state index is -0.364. The molecule has 3 heteroatoms. The molecule has 0 unspecified atom stereocenters. The zero-order chi connectivity index (χ0) is 34.7. The molecule has 0 aromatic rings. The van der Waals surface area contributed by atoms with Gasteiger partial charge in [0, 0.05) is 19.3 Å². The summed E-state index contributed by atoms with van der Waals surface area (Å²) in [6.45, 7) is 16.6. The van der Waals surface area contributed by atoms with E-state index in [-0.39, 0.29) is 17.5 Å². The van der Waals surface area contributed by atoms with E-state index in [1.807, 2.05) is 0 Å². The Kier molecular flexibility index (Phi) is 15.4. The lowest BCUT2D eigenvalue weighted by Gasteiger charge is -2.57. The second kappa shape index (κ2) is 18.7. The van der Waals surface area contributed by atoms with Gasteiger partial charge in [0.25, 0.3) is 0 Å². The molecule has 0 amide bonds. The van der Waals surface area contributed by atoms with Gasteiger partial charge in [0.05, 0.1) is 5.41 Å². The van der Waals surface area contributed by atoms with Crippen molar-refractivity contribution in [1.29, 1.82) is 0 Å². The van der Waals surface area contributed by atoms with Gasteiger partial charge in [-0.2, -0.15) is 0 Å². The first kappa shape index (κ1) is 39.4. The Morgan fingerprint density at radius 2 is 1.46 bits per heavy atom. The first-order chi connectivity index (χ1) is 23.1. The number of unbranched alkanes of at least 4 members (excludes halogenated alkanes) is 12. The zero-order valence-electron chi connectivity index (χ0n) is 32.6. The number of carbonyl (C=O) groups is 2. The van der Waals surface area contributed by atoms with E-state index in [0.29, 0.717) is 59.5 Å². The zero-order valence-corrected chi connectivity index (χ0v) is 32.6. The Hall–Kier alpha value is -1.38. The summed E-state index contributed by atoms with van der Waals surface area (Å²) in [5.41, 5.74) is 1.29. The minimum absolute atomic E-state index is 0.0963. The number of allylic oxidation sites excluding steroid dienone is 3. The van der Waals surface area contributed by atoms with Crippen LogP contribution in [-0.4, -0.2) is 17.9 Å². The molecule has 3 nitrogen and oxygen atoms in total. The highest BCUT2D eigenvalue weighted by atomic mass is 16.5. The number of carbonyl (C=O) groups excluding carboxylic acids is 2. The summed E-state index contributed by atoms with van der Waals surface area (Å²) >= 11 is 0. The molecule has 4 aliphatic rings. The van der Waals surface area contributed by atoms with Crippen LogP contribution in [-0.2, 0) is 14.3 Å². The van der Waals surface area contributed by atoms with E-state index >= 15 is 0 Å². The van der Waals surface area contributed by atoms with Crippen molar-refractivity contribution in [1.82, 2.24) is 0 Å². The van der Waals surface area contributed by atoms with E-state index in [1.165, 1.54) is 102 Å². The number of ketones is 1. The summed E-state index contributed by atoms with van der Waals surface area (Å²) in [6.07, 6.45) is 33.2. The number of rotatable bonds is 20. The van der Waals surface area contributed by atoms with Gasteiger partial charge < -0.3 is 4.74 Å². The van der Waals surface area contributed by atoms with Gasteiger partial charge in [-0.1, -0.05) is 142 Å². The number of hydrogen-bond acceptors (Lipinski definition) is 3. The normalized spacial score (nSPS) is 32.9. The average Bonchev–Trinajstić information content (AvgIpc) is 3.41. The quantitative estimate of drug-likeness (QED) is 0.0739. The molecule has 3 saturated carbocycles. The molecule has 4 aliphatic carbocycles. The van der Waals surface area contributed by atoms with Crippen LogP contribution in [0.5, 0.6) is 0 Å². The van der Waals surface area contributed by atoms with Crippen LogP contribution < -0.4 is 0 Å². The monoisotopic (exact) mass is 665 g/mol. The third-order valence-corrected chi connectivity index (χ3v) is 14.4. The van der Waals surface area contributed by atoms with Crippen molar-refractivity contribution in [2.45, 2.75) is 196 Å². The molecule has 4 rings (SSSR count). The van der Waals surface area contributed by atoms with Gasteiger partial charge >= 0.3 is 5.97 Å². The molecule has 0 aliphatic heterocycles. The Bertz CT molecular complexity index is 1070. The Morgan fingerprint density at radius 3 is 2.06 bits per heavy atom. The lowest BCUT2D eigenvalue weighted by molar-refractivity contribution is -0.155. The van der Waals surface area contributed by atoms with Crippen molar-refractivity contribution in [2.24, 2.45) is 52.3 Å². The van der Waals surface area contributed by atoms with Crippen LogP contribution in [0.3, 0.4) is 0 Å². The van der Waals surface area contributed by atoms with Gasteiger partial charge in [-0.05, 0) is 98.7 Å². The summed E-state index contributed by atoms with van der Waals surface area (Å²) in [7, 11) is 0. The topological polar surface area (TPSA) is 43.4 Å². The molecule has 0 N–H and O–H groups in total. The molecule has 9 atom stereocenters. The number of esters is 1. The average molecular weight is 665 g/mol. The lowest BCUT2D eigenvalue weighted by atomic mass is 9.46. The molecule has 0 aromatic heterocycles. The third kappa shape index (κ3) is 9.48. The number of fused-ring (bicyclic) bond motifs is 5. The first-order valence-electron chi connectivity index (χ1n) is 21.2. The largest absolute Gasteiger partial charge is 0.462 e. The fourth-order valence-corrected chi connectivity index (χ4v) is 11.3. The second-order valence-corrected chi connectivity index (χ2v) is 17.8. The van der Waals surface area contributed by atoms with Crippen LogP contribution in [0.1, 0.15) is 190 Å². The summed E-state index contributed by atoms with van der Waals surface area (Å²) in [4.78, 5) is 26.8. The fourth-order valence-electron chi connectivity index (χ4n) is 11.3. The van der Waals surface area contributed by atoms with E-state index in [2.05, 4.69) is 66.7 Å². The van der Waals surface area contributed by atoms with Crippen molar-refractivity contribution in [3.8, 4) is 0 Å². The van der Waals surface area contributed by atoms with E-state index < -0.39 is 0 Å². The summed E-state index contributed by atoms with van der Waals surface area (Å²) in [5.74, 6) is 4.73. The van der Waals surface area contributed by atoms with Gasteiger partial charge in [-0.3, -0.25) is 9.59 Å². The molecule has 0 bridgehead atoms. The predicted molar refractivity (Wildman–Crippen MR) is 203 cm³/mol. The smallest absolute Gasteiger partial charge is 0.306 e. The molecule has 0 radical (unpaired) electrons. The Morgan fingerprint density at radius 1 is 0.833 bits per heavy atom. The number of ether oxygens (including phenoxy) is 1. The van der Waals surface area contributed by atoms with Crippen molar-refractivity contribution in [3.05, 3.63) is 23.8 Å². The highest BCUT2D eigenvalue weighted by molar-refractivity contribution is 5.90. The minimum Gasteiger partial charge on any atom is -0.462 e. The third-order valence-electron chi connectivity index (χ3n) is 14.4. The molecule has 0 aromatic carbocycles. The number of Topliss-reactive ketones (excluding diaryl/α,β-unsaturated/α-hetero) is 1. The molecule has 3 fully saturated rings. The lowest BCUT2D eigenvalue weighted by Crippen LogP contribution is -2.54. The molecule has 0 spiro atoms. The van der Waals surface area contributed by atoms with Gasteiger partial charge in [0.15, 0.2) is 0 Å². The number of hydrogen-bond donors (Lipinski definition) is 0. The maximum Gasteiger partial charge on any atom is 0.306 e. The highest BCUT2D eigenvalue weighted by Crippen LogP contribution is 2.66. The molecular weight excluding hydrogens is 588 g/mol. The van der Waals surface area contributed by atoms with E-state index in [4.69, 9.17) is 4.74 Å². The summed E-state index contributed by atoms with van der Waals surface area (Å²) in [6, 6.07) is 0. The van der Waals surface area contributed by atoms with Gasteiger partial charge in [0.1, 0.15) is 11.9 Å². The molecule has 48 heavy (non-hydrogen) atoms. The van der Waals surface area contributed by atoms with Crippen LogP contribution in [0.4, 0.5) is 0 Å². The summed E-state index contributed by atoms with van der Waals surface area (Å²) in [5, 5.41) is 0. The van der Waals surface area contributed by atoms with Crippen LogP contribution in [0.15, 0.2) is 23.8 Å². The van der Waals surface area contributed by atoms with Crippen LogP contribution in [0, 0.1) is 52.3 Å². The predicted octanol–water partition coefficient (Wildman–Crippen LogP) is 13.0. The first-order valence-corrected chi connectivity index (χ1v) is 21.2. The van der Waals surface area contributed by atoms with E-state index in [1.54, 1.807) is 0 Å². The van der Waals surface area contributed by atoms with Crippen LogP contribution in [0.25, 0.3) is 0 Å². The highest BCUT2D eigenvalue weighted by Gasteiger charge is 2.61. The van der Waals surface area contributed by atoms with Gasteiger partial charge in [0.2, 0.25) is 0 Å². The van der Waals surface area contributed by atoms with Crippen molar-refractivity contribution >= 4 is 11.8 Å². The maximum absolute atomic E-state index is 14.0. The van der Waals surface area contributed by atoms with Gasteiger partial charge in [-0.25, -0.2) is 0 Å². The Balaban J connectivity index is 1.21. The van der Waals surface area contributed by atoms with Gasteiger partial charge in [-0.15, -0.1) is 0 Å². The van der Waals surface area contributed by atoms with Crippen molar-refractivity contribution < 1.29 is 14.3 Å². The van der Waals surface area contributed by atoms with Crippen molar-refractivity contribution in [3.63, 3.8) is 0 Å². The molecule has 274 valence electrons. The summed E-state index contributed by atoms with van der Waals surface area (Å²) < 4.78 is 5.98. The standard InChI is InChI=1S/C45H76O3/c1-8-10-11-12-13-14-15-16-17-18-19-20-21-22-43(47)48-37-31-36-25-26-38-40-28-27-39(34(5)23-24-35(9-2)33(3)4)44(40,6)30-29-41(38)45(36,7)42(46)32-37/h23-25,33-35,37-41H,8-22,26-32H2,1-7H3/t34-,35-,37-,38+,39-,40+,41+,44-,45+/m1/s1. The van der Waals surface area contributed by atoms with Crippen LogP contribution >= 0.6 is 0 Å². The van der Waals surface area contributed by atoms with Crippen molar-refractivity contribution in [2.75, 3.05) is 0 Å². The van der Waals surface area contributed by atoms with Crippen LogP contribution in [0.2, 0.25) is 0 Å². The molecule has 0 heterocycles. The Labute approximate surface area is 297 Å². The fraction of sp³-hybridized carbons (Fsp3) is 0.867. The van der Waals surface area contributed by atoms with E-state index in [0.717, 1.165) is 38.0 Å². The SMILES string of the molecule is CCCCCCCCCCCCCCCC(=O)O[C@H]1CC(=O)[C@@]2(C)C(=CC[C@@H]3[C@@H]2CC[C@]2(C)[C@@H]([C@H](C)C=C[C@@H](CC)C(C)C)CC[C@@H]32)C1. The second-order valence-electron chi connectivity index (χ2n) is 17.8. The van der Waals surface area contributed by atoms with E-state index in [9.17, 15) is 9.59 Å². The molecule has 0 saturated heterocycles.